The van der Waals surface area contributed by atoms with Crippen molar-refractivity contribution in [2.24, 2.45) is 0 Å². The lowest BCUT2D eigenvalue weighted by Gasteiger charge is -2.34. The summed E-state index contributed by atoms with van der Waals surface area (Å²) >= 11 is 3.30. The first-order valence-electron chi connectivity index (χ1n) is 9.15. The van der Waals surface area contributed by atoms with Crippen LogP contribution < -0.4 is 4.74 Å². The largest absolute Gasteiger partial charge is 0.484 e. The Morgan fingerprint density at radius 3 is 2.36 bits per heavy atom. The van der Waals surface area contributed by atoms with Crippen molar-refractivity contribution in [3.63, 3.8) is 0 Å². The van der Waals surface area contributed by atoms with E-state index in [0.29, 0.717) is 23.3 Å². The molecule has 1 fully saturated rings. The second-order valence-electron chi connectivity index (χ2n) is 6.53. The highest BCUT2D eigenvalue weighted by molar-refractivity contribution is 9.10. The molecule has 0 saturated carbocycles. The van der Waals surface area contributed by atoms with E-state index in [1.165, 1.54) is 9.87 Å². The number of aryl methyl sites for hydroxylation is 1. The topological polar surface area (TPSA) is 66.9 Å². The number of piperazine rings is 1. The van der Waals surface area contributed by atoms with Crippen LogP contribution >= 0.6 is 15.9 Å². The third-order valence-electron chi connectivity index (χ3n) is 4.72. The Balaban J connectivity index is 1.53. The van der Waals surface area contributed by atoms with Crippen molar-refractivity contribution in [1.82, 2.24) is 9.21 Å². The SMILES string of the molecule is CCc1ccc(OCC(=O)N2CCN(S(=O)(=O)c3cccc(Br)c3)CC2)cc1. The number of carbonyl (C=O) groups excluding carboxylic acids is 1. The van der Waals surface area contributed by atoms with Gasteiger partial charge in [0.1, 0.15) is 5.75 Å². The fourth-order valence-corrected chi connectivity index (χ4v) is 5.03. The summed E-state index contributed by atoms with van der Waals surface area (Å²) in [5, 5.41) is 0. The molecule has 0 radical (unpaired) electrons. The molecule has 1 saturated heterocycles. The first-order valence-corrected chi connectivity index (χ1v) is 11.4. The van der Waals surface area contributed by atoms with Crippen molar-refractivity contribution >= 4 is 31.9 Å². The highest BCUT2D eigenvalue weighted by Crippen LogP contribution is 2.21. The predicted molar refractivity (Wildman–Crippen MR) is 111 cm³/mol. The highest BCUT2D eigenvalue weighted by Gasteiger charge is 2.30. The van der Waals surface area contributed by atoms with Crippen LogP contribution in [-0.4, -0.2) is 56.3 Å². The van der Waals surface area contributed by atoms with Gasteiger partial charge in [-0.1, -0.05) is 41.1 Å². The fraction of sp³-hybridized carbons (Fsp3) is 0.350. The van der Waals surface area contributed by atoms with E-state index >= 15 is 0 Å². The summed E-state index contributed by atoms with van der Waals surface area (Å²) in [7, 11) is -3.56. The lowest BCUT2D eigenvalue weighted by molar-refractivity contribution is -0.134. The van der Waals surface area contributed by atoms with Crippen molar-refractivity contribution in [2.75, 3.05) is 32.8 Å². The molecule has 0 aromatic heterocycles. The van der Waals surface area contributed by atoms with Gasteiger partial charge in [0.2, 0.25) is 10.0 Å². The van der Waals surface area contributed by atoms with Gasteiger partial charge in [0, 0.05) is 30.7 Å². The molecule has 1 heterocycles. The van der Waals surface area contributed by atoms with E-state index in [2.05, 4.69) is 22.9 Å². The highest BCUT2D eigenvalue weighted by atomic mass is 79.9. The summed E-state index contributed by atoms with van der Waals surface area (Å²) in [5.41, 5.74) is 1.21. The minimum Gasteiger partial charge on any atom is -0.484 e. The molecule has 2 aromatic rings. The number of ether oxygens (including phenoxy) is 1. The van der Waals surface area contributed by atoms with Gasteiger partial charge < -0.3 is 9.64 Å². The van der Waals surface area contributed by atoms with Crippen molar-refractivity contribution in [3.05, 3.63) is 58.6 Å². The smallest absolute Gasteiger partial charge is 0.260 e. The molecule has 0 unspecified atom stereocenters. The molecule has 1 amide bonds. The molecule has 6 nitrogen and oxygen atoms in total. The average molecular weight is 467 g/mol. The summed E-state index contributed by atoms with van der Waals surface area (Å²) in [5.74, 6) is 0.514. The van der Waals surface area contributed by atoms with Crippen LogP contribution in [-0.2, 0) is 21.2 Å². The second kappa shape index (κ2) is 9.07. The molecule has 1 aliphatic heterocycles. The van der Waals surface area contributed by atoms with Gasteiger partial charge in [-0.2, -0.15) is 4.31 Å². The molecular weight excluding hydrogens is 444 g/mol. The molecule has 2 aromatic carbocycles. The third kappa shape index (κ3) is 4.92. The van der Waals surface area contributed by atoms with Crippen molar-refractivity contribution in [3.8, 4) is 5.75 Å². The van der Waals surface area contributed by atoms with Gasteiger partial charge in [0.15, 0.2) is 6.61 Å². The first-order chi connectivity index (χ1) is 13.4. The Morgan fingerprint density at radius 2 is 1.75 bits per heavy atom. The zero-order chi connectivity index (χ0) is 20.1. The summed E-state index contributed by atoms with van der Waals surface area (Å²) < 4.78 is 33.2. The predicted octanol–water partition coefficient (Wildman–Crippen LogP) is 2.92. The molecule has 150 valence electrons. The van der Waals surface area contributed by atoms with E-state index in [4.69, 9.17) is 4.74 Å². The van der Waals surface area contributed by atoms with Crippen molar-refractivity contribution in [1.29, 1.82) is 0 Å². The Hall–Kier alpha value is -1.90. The van der Waals surface area contributed by atoms with Gasteiger partial charge in [-0.15, -0.1) is 0 Å². The van der Waals surface area contributed by atoms with E-state index in [0.717, 1.165) is 6.42 Å². The lowest BCUT2D eigenvalue weighted by Crippen LogP contribution is -2.51. The fourth-order valence-electron chi connectivity index (χ4n) is 3.01. The van der Waals surface area contributed by atoms with Crippen LogP contribution in [0.4, 0.5) is 0 Å². The molecule has 0 bridgehead atoms. The van der Waals surface area contributed by atoms with Gasteiger partial charge >= 0.3 is 0 Å². The minimum absolute atomic E-state index is 0.0517. The zero-order valence-corrected chi connectivity index (χ0v) is 18.1. The van der Waals surface area contributed by atoms with Gasteiger partial charge in [0.25, 0.3) is 5.91 Å². The summed E-state index contributed by atoms with van der Waals surface area (Å²) in [6.07, 6.45) is 0.951. The summed E-state index contributed by atoms with van der Waals surface area (Å²) in [4.78, 5) is 14.3. The molecule has 1 aliphatic rings. The standard InChI is InChI=1S/C20H23BrN2O4S/c1-2-16-6-8-18(9-7-16)27-15-20(24)22-10-12-23(13-11-22)28(25,26)19-5-3-4-17(21)14-19/h3-9,14H,2,10-13,15H2,1H3. The monoisotopic (exact) mass is 466 g/mol. The van der Waals surface area contributed by atoms with E-state index in [-0.39, 0.29) is 30.5 Å². The van der Waals surface area contributed by atoms with Crippen molar-refractivity contribution < 1.29 is 17.9 Å². The summed E-state index contributed by atoms with van der Waals surface area (Å²) in [6.45, 7) is 3.27. The Kier molecular flexibility index (Phi) is 6.74. The third-order valence-corrected chi connectivity index (χ3v) is 7.11. The lowest BCUT2D eigenvalue weighted by atomic mass is 10.2. The maximum Gasteiger partial charge on any atom is 0.260 e. The van der Waals surface area contributed by atoms with E-state index in [1.54, 1.807) is 29.2 Å². The molecule has 0 spiro atoms. The Labute approximate surface area is 174 Å². The van der Waals surface area contributed by atoms with Crippen LogP contribution in [0.1, 0.15) is 12.5 Å². The number of rotatable bonds is 6. The molecule has 8 heteroatoms. The quantitative estimate of drug-likeness (QED) is 0.656. The molecule has 0 N–H and O–H groups in total. The molecule has 0 atom stereocenters. The number of hydrogen-bond donors (Lipinski definition) is 0. The van der Waals surface area contributed by atoms with E-state index < -0.39 is 10.0 Å². The average Bonchev–Trinajstić information content (AvgIpc) is 2.72. The number of hydrogen-bond acceptors (Lipinski definition) is 4. The Bertz CT molecular complexity index is 923. The van der Waals surface area contributed by atoms with E-state index in [1.807, 2.05) is 24.3 Å². The second-order valence-corrected chi connectivity index (χ2v) is 9.38. The Morgan fingerprint density at radius 1 is 1.07 bits per heavy atom. The number of sulfonamides is 1. The van der Waals surface area contributed by atoms with Gasteiger partial charge in [-0.05, 0) is 42.3 Å². The maximum atomic E-state index is 12.8. The van der Waals surface area contributed by atoms with Gasteiger partial charge in [0.05, 0.1) is 4.90 Å². The zero-order valence-electron chi connectivity index (χ0n) is 15.7. The van der Waals surface area contributed by atoms with Gasteiger partial charge in [-0.3, -0.25) is 4.79 Å². The molecule has 28 heavy (non-hydrogen) atoms. The first kappa shape index (κ1) is 20.8. The minimum atomic E-state index is -3.56. The molecule has 0 aliphatic carbocycles. The maximum absolute atomic E-state index is 12.8. The van der Waals surface area contributed by atoms with E-state index in [9.17, 15) is 13.2 Å². The van der Waals surface area contributed by atoms with Crippen molar-refractivity contribution in [2.45, 2.75) is 18.2 Å². The summed E-state index contributed by atoms with van der Waals surface area (Å²) in [6, 6.07) is 14.3. The number of halogens is 1. The molecular formula is C20H23BrN2O4S. The van der Waals surface area contributed by atoms with Crippen LogP contribution in [0.5, 0.6) is 5.75 Å². The normalized spacial score (nSPS) is 15.4. The molecule has 3 rings (SSSR count). The number of carbonyl (C=O) groups is 1. The number of amides is 1. The number of benzene rings is 2. The van der Waals surface area contributed by atoms with Crippen LogP contribution in [0, 0.1) is 0 Å². The van der Waals surface area contributed by atoms with Crippen LogP contribution in [0.2, 0.25) is 0 Å². The van der Waals surface area contributed by atoms with Gasteiger partial charge in [-0.25, -0.2) is 8.42 Å². The van der Waals surface area contributed by atoms with Crippen LogP contribution in [0.15, 0.2) is 57.9 Å². The number of nitrogens with zero attached hydrogens (tertiary/aromatic N) is 2. The van der Waals surface area contributed by atoms with Crippen LogP contribution in [0.25, 0.3) is 0 Å². The van der Waals surface area contributed by atoms with Crippen LogP contribution in [0.3, 0.4) is 0 Å².